The van der Waals surface area contributed by atoms with Crippen LogP contribution in [0.5, 0.6) is 0 Å². The number of hydrogen-bond donors (Lipinski definition) is 15. The number of aliphatic hydroxyl groups excluding tert-OH is 1. The van der Waals surface area contributed by atoms with E-state index < -0.39 is 132 Å². The van der Waals surface area contributed by atoms with E-state index in [1.807, 2.05) is 0 Å². The average Bonchev–Trinajstić information content (AvgIpc) is 3.81. The molecule has 11 amide bonds. The molecule has 0 aromatic heterocycles. The lowest BCUT2D eigenvalue weighted by Crippen LogP contribution is -2.60. The van der Waals surface area contributed by atoms with Gasteiger partial charge >= 0.3 is 5.97 Å². The lowest BCUT2D eigenvalue weighted by molar-refractivity contribution is -0.142. The van der Waals surface area contributed by atoms with Crippen LogP contribution in [0.25, 0.3) is 0 Å². The fraction of sp³-hybridized carbons (Fsp3) is 0.711. The third-order valence-electron chi connectivity index (χ3n) is 11.5. The largest absolute Gasteiger partial charge is 0.480 e. The average molecular weight is 1050 g/mol. The molecule has 1 aliphatic heterocycles. The second-order valence-corrected chi connectivity index (χ2v) is 18.5. The molecule has 0 saturated carbocycles. The number of nitrogens with two attached hydrogens (primary N) is 4. The minimum absolute atomic E-state index is 0.0197. The van der Waals surface area contributed by atoms with Crippen molar-refractivity contribution >= 4 is 76.9 Å². The van der Waals surface area contributed by atoms with E-state index in [9.17, 15) is 62.6 Å². The summed E-state index contributed by atoms with van der Waals surface area (Å²) in [6.45, 7) is 9.85. The molecule has 0 aliphatic carbocycles. The van der Waals surface area contributed by atoms with Crippen LogP contribution in [0.3, 0.4) is 0 Å². The molecule has 29 heteroatoms. The highest BCUT2D eigenvalue weighted by atomic mass is 16.4. The number of likely N-dealkylation sites (tertiary alicyclic amines) is 1. The number of nitrogens with zero attached hydrogens (tertiary/aromatic N) is 2. The quantitative estimate of drug-likeness (QED) is 0.0165. The number of amides is 11. The number of carbonyl (C=O) groups excluding carboxylic acids is 11. The summed E-state index contributed by atoms with van der Waals surface area (Å²) in [5.74, 6) is -10.5. The number of carboxylic acid groups (broad SMARTS) is 1. The zero-order valence-corrected chi connectivity index (χ0v) is 43.2. The number of guanidine groups is 1. The van der Waals surface area contributed by atoms with Gasteiger partial charge in [-0.3, -0.25) is 62.5 Å². The minimum atomic E-state index is -1.62. The van der Waals surface area contributed by atoms with Crippen molar-refractivity contribution in [1.82, 2.24) is 52.8 Å². The van der Waals surface area contributed by atoms with Crippen LogP contribution in [-0.4, -0.2) is 179 Å². The monoisotopic (exact) mass is 1050 g/mol. The fourth-order valence-corrected chi connectivity index (χ4v) is 7.46. The minimum Gasteiger partial charge on any atom is -0.480 e. The van der Waals surface area contributed by atoms with Crippen LogP contribution in [-0.2, 0) is 57.5 Å². The van der Waals surface area contributed by atoms with E-state index in [1.165, 1.54) is 39.5 Å². The Morgan fingerprint density at radius 3 is 1.70 bits per heavy atom. The first-order chi connectivity index (χ1) is 34.6. The zero-order chi connectivity index (χ0) is 56.4. The van der Waals surface area contributed by atoms with Crippen molar-refractivity contribution in [1.29, 1.82) is 0 Å². The third-order valence-corrected chi connectivity index (χ3v) is 11.5. The van der Waals surface area contributed by atoms with Gasteiger partial charge in [-0.05, 0) is 91.4 Å². The highest BCUT2D eigenvalue weighted by Gasteiger charge is 2.39. The second kappa shape index (κ2) is 32.8. The topological polar surface area (TPSA) is 473 Å². The second-order valence-electron chi connectivity index (χ2n) is 18.5. The van der Waals surface area contributed by atoms with E-state index in [0.29, 0.717) is 12.8 Å². The Kier molecular flexibility index (Phi) is 28.8. The van der Waals surface area contributed by atoms with Crippen molar-refractivity contribution in [2.45, 2.75) is 173 Å². The molecule has 0 radical (unpaired) electrons. The van der Waals surface area contributed by atoms with Gasteiger partial charge in [0.15, 0.2) is 5.96 Å². The lowest BCUT2D eigenvalue weighted by atomic mass is 10.0. The molecule has 10 atom stereocenters. The van der Waals surface area contributed by atoms with Gasteiger partial charge in [0.25, 0.3) is 0 Å². The predicted octanol–water partition coefficient (Wildman–Crippen LogP) is -5.99. The van der Waals surface area contributed by atoms with Crippen molar-refractivity contribution in [3.8, 4) is 0 Å². The molecule has 19 N–H and O–H groups in total. The molecule has 0 unspecified atom stereocenters. The van der Waals surface area contributed by atoms with Gasteiger partial charge in [-0.15, -0.1) is 0 Å². The maximum Gasteiger partial charge on any atom is 0.325 e. The summed E-state index contributed by atoms with van der Waals surface area (Å²) >= 11 is 0. The molecule has 1 saturated heterocycles. The predicted molar refractivity (Wildman–Crippen MR) is 266 cm³/mol. The number of aliphatic imine (C=N–C) groups is 1. The summed E-state index contributed by atoms with van der Waals surface area (Å²) in [5, 5.41) is 41.7. The normalized spacial score (nSPS) is 16.7. The number of aliphatic carboxylic acids is 1. The molecule has 418 valence electrons. The van der Waals surface area contributed by atoms with E-state index in [1.54, 1.807) is 13.8 Å². The van der Waals surface area contributed by atoms with Gasteiger partial charge in [0.1, 0.15) is 54.4 Å². The van der Waals surface area contributed by atoms with Gasteiger partial charge in [0.2, 0.25) is 65.0 Å². The number of carbonyl (C=O) groups is 12. The number of aliphatic hydroxyl groups is 1. The first-order valence-corrected chi connectivity index (χ1v) is 24.5. The Morgan fingerprint density at radius 2 is 1.18 bits per heavy atom. The van der Waals surface area contributed by atoms with E-state index in [4.69, 9.17) is 28.0 Å². The number of nitrogens with one attached hydrogen (secondary N) is 9. The molecule has 74 heavy (non-hydrogen) atoms. The van der Waals surface area contributed by atoms with E-state index >= 15 is 0 Å². The third kappa shape index (κ3) is 24.0. The van der Waals surface area contributed by atoms with Gasteiger partial charge in [-0.25, -0.2) is 0 Å². The number of primary amides is 1. The number of hydrogen-bond acceptors (Lipinski definition) is 15. The molecule has 1 fully saturated rings. The molecule has 1 aliphatic rings. The number of rotatable bonds is 33. The maximum absolute atomic E-state index is 14.3. The van der Waals surface area contributed by atoms with Gasteiger partial charge in [-0.1, -0.05) is 13.8 Å². The van der Waals surface area contributed by atoms with Gasteiger partial charge in [0, 0.05) is 33.0 Å². The van der Waals surface area contributed by atoms with Crippen LogP contribution < -0.4 is 70.8 Å². The molecule has 0 aromatic carbocycles. The standard InChI is InChI=1S/C45H79N15O14/c1-22(2)20-31(40(69)53-23(3)36(65)59-35(26(6)61)42(71)54-25(5)44(73)74)58-39(68)30(15-16-33(47)63)56-37(66)28(12-8-9-17-50-27(7)62)55-38(67)29(13-10-18-51-45(48)49)57-41(70)32-14-11-19-60(32)43(72)24(4)52-34(64)21-46/h22-26,28-32,35,61H,8-21,46H2,1-7H3,(H2,47,63)(H,50,62)(H,52,64)(H,53,69)(H,54,71)(H,55,67)(H,56,66)(H,57,70)(H,58,68)(H,59,65)(H,73,74)(H4,48,49,51)/t23-,24-,25-,26+,28-,29-,30-,31-,32-,35-/m0/s1. The number of unbranched alkanes of at least 4 members (excludes halogenated alkanes) is 1. The summed E-state index contributed by atoms with van der Waals surface area (Å²) in [4.78, 5) is 161. The number of carboxylic acids is 1. The van der Waals surface area contributed by atoms with E-state index in [-0.39, 0.29) is 88.9 Å². The van der Waals surface area contributed by atoms with Crippen molar-refractivity contribution < 1.29 is 67.7 Å². The maximum atomic E-state index is 14.3. The van der Waals surface area contributed by atoms with Crippen LogP contribution in [0.15, 0.2) is 4.99 Å². The Bertz CT molecular complexity index is 2020. The summed E-state index contributed by atoms with van der Waals surface area (Å²) in [6, 6.07) is -12.1. The first-order valence-electron chi connectivity index (χ1n) is 24.5. The summed E-state index contributed by atoms with van der Waals surface area (Å²) < 4.78 is 0. The Hall–Kier alpha value is -7.17. The fourth-order valence-electron chi connectivity index (χ4n) is 7.46. The van der Waals surface area contributed by atoms with E-state index in [2.05, 4.69) is 52.8 Å². The molecule has 29 nitrogen and oxygen atoms in total. The molecule has 0 bridgehead atoms. The molecule has 1 rings (SSSR count). The Labute approximate surface area is 429 Å². The highest BCUT2D eigenvalue weighted by Crippen LogP contribution is 2.19. The van der Waals surface area contributed by atoms with Crippen LogP contribution in [0, 0.1) is 5.92 Å². The van der Waals surface area contributed by atoms with Gasteiger partial charge < -0.3 is 85.9 Å². The molecular formula is C45H79N15O14. The van der Waals surface area contributed by atoms with Crippen molar-refractivity contribution in [2.24, 2.45) is 33.8 Å². The van der Waals surface area contributed by atoms with Gasteiger partial charge in [-0.2, -0.15) is 0 Å². The van der Waals surface area contributed by atoms with Crippen molar-refractivity contribution in [3.63, 3.8) is 0 Å². The van der Waals surface area contributed by atoms with Crippen LogP contribution in [0.4, 0.5) is 0 Å². The highest BCUT2D eigenvalue weighted by molar-refractivity contribution is 5.98. The smallest absolute Gasteiger partial charge is 0.325 e. The van der Waals surface area contributed by atoms with Gasteiger partial charge in [0.05, 0.1) is 12.6 Å². The van der Waals surface area contributed by atoms with Crippen molar-refractivity contribution in [3.05, 3.63) is 0 Å². The molecule has 1 heterocycles. The Morgan fingerprint density at radius 1 is 0.635 bits per heavy atom. The SMILES string of the molecule is CC(=O)NCCCC[C@H](NC(=O)[C@H](CCCN=C(N)N)NC(=O)[C@@H]1CCCN1C(=O)[C@H](C)NC(=O)CN)C(=O)N[C@@H](CCC(N)=O)C(=O)N[C@@H](CC(C)C)C(=O)N[C@@H](C)C(=O)N[C@H](C(=O)N[C@@H](C)C(=O)O)[C@@H](C)O. The first kappa shape index (κ1) is 64.8. The molecule has 0 spiro atoms. The zero-order valence-electron chi connectivity index (χ0n) is 43.2. The summed E-state index contributed by atoms with van der Waals surface area (Å²) in [5.41, 5.74) is 21.8. The Balaban J connectivity index is 3.50. The van der Waals surface area contributed by atoms with Crippen LogP contribution in [0.1, 0.15) is 113 Å². The lowest BCUT2D eigenvalue weighted by Gasteiger charge is -2.29. The van der Waals surface area contributed by atoms with E-state index in [0.717, 1.165) is 0 Å². The summed E-state index contributed by atoms with van der Waals surface area (Å²) in [7, 11) is 0. The molecular weight excluding hydrogens is 975 g/mol. The summed E-state index contributed by atoms with van der Waals surface area (Å²) in [6.07, 6.45) is -1.13. The van der Waals surface area contributed by atoms with Crippen LogP contribution >= 0.6 is 0 Å². The van der Waals surface area contributed by atoms with Crippen molar-refractivity contribution in [2.75, 3.05) is 26.2 Å². The molecule has 0 aromatic rings. The van der Waals surface area contributed by atoms with Crippen LogP contribution in [0.2, 0.25) is 0 Å².